The molecule has 1 heterocycles. The van der Waals surface area contributed by atoms with E-state index in [0.717, 1.165) is 21.3 Å². The van der Waals surface area contributed by atoms with Crippen LogP contribution >= 0.6 is 23.1 Å². The van der Waals surface area contributed by atoms with Crippen LogP contribution in [-0.2, 0) is 5.75 Å². The minimum absolute atomic E-state index is 0.273. The van der Waals surface area contributed by atoms with Crippen molar-refractivity contribution in [1.82, 2.24) is 4.98 Å². The Morgan fingerprint density at radius 3 is 3.00 bits per heavy atom. The molecule has 5 heteroatoms. The van der Waals surface area contributed by atoms with E-state index in [0.29, 0.717) is 5.56 Å². The van der Waals surface area contributed by atoms with Crippen LogP contribution in [0.25, 0.3) is 0 Å². The van der Waals surface area contributed by atoms with Gasteiger partial charge in [0.05, 0.1) is 6.54 Å². The minimum Gasteiger partial charge on any atom is -0.320 e. The Morgan fingerprint density at radius 1 is 1.47 bits per heavy atom. The van der Waals surface area contributed by atoms with Crippen LogP contribution in [0.2, 0.25) is 0 Å². The first-order valence-corrected chi connectivity index (χ1v) is 7.58. The van der Waals surface area contributed by atoms with Gasteiger partial charge in [0.2, 0.25) is 0 Å². The van der Waals surface area contributed by atoms with Crippen LogP contribution in [0, 0.1) is 24.6 Å². The van der Waals surface area contributed by atoms with Crippen molar-refractivity contribution >= 4 is 23.1 Å². The number of aromatic nitrogens is 1. The second kappa shape index (κ2) is 6.71. The van der Waals surface area contributed by atoms with Crippen LogP contribution in [0.5, 0.6) is 0 Å². The lowest BCUT2D eigenvalue weighted by Gasteiger charge is -2.03. The molecule has 2 rings (SSSR count). The van der Waals surface area contributed by atoms with Gasteiger partial charge in [-0.1, -0.05) is 29.7 Å². The number of rotatable bonds is 3. The number of hydrogen-bond acceptors (Lipinski definition) is 4. The second-order valence-electron chi connectivity index (χ2n) is 3.85. The van der Waals surface area contributed by atoms with Gasteiger partial charge >= 0.3 is 0 Å². The quantitative estimate of drug-likeness (QED) is 0.697. The van der Waals surface area contributed by atoms with Gasteiger partial charge in [-0.2, -0.15) is 0 Å². The molecule has 0 bridgehead atoms. The average Bonchev–Trinajstić information content (AvgIpc) is 2.81. The molecule has 19 heavy (non-hydrogen) atoms. The Bertz CT molecular complexity index is 626. The molecule has 0 fully saturated rings. The molecule has 1 aromatic heterocycles. The molecule has 2 N–H and O–H groups in total. The summed E-state index contributed by atoms with van der Waals surface area (Å²) in [7, 11) is 0. The van der Waals surface area contributed by atoms with E-state index in [-0.39, 0.29) is 12.4 Å². The number of hydrogen-bond donors (Lipinski definition) is 1. The van der Waals surface area contributed by atoms with Crippen LogP contribution in [0.1, 0.15) is 16.8 Å². The van der Waals surface area contributed by atoms with Crippen molar-refractivity contribution in [3.63, 3.8) is 0 Å². The number of halogens is 1. The molecular weight excluding hydrogens is 279 g/mol. The number of benzene rings is 1. The highest BCUT2D eigenvalue weighted by molar-refractivity contribution is 8.00. The zero-order valence-corrected chi connectivity index (χ0v) is 12.1. The lowest BCUT2D eigenvalue weighted by Crippen LogP contribution is -1.95. The molecule has 0 aliphatic heterocycles. The summed E-state index contributed by atoms with van der Waals surface area (Å²) in [4.78, 5) is 4.39. The second-order valence-corrected chi connectivity index (χ2v) is 5.93. The molecule has 2 aromatic rings. The van der Waals surface area contributed by atoms with Gasteiger partial charge < -0.3 is 5.73 Å². The molecule has 0 unspecified atom stereocenters. The first-order chi connectivity index (χ1) is 9.19. The summed E-state index contributed by atoms with van der Waals surface area (Å²) in [6.07, 6.45) is 0. The maximum atomic E-state index is 13.2. The zero-order chi connectivity index (χ0) is 13.7. The van der Waals surface area contributed by atoms with Crippen molar-refractivity contribution in [1.29, 1.82) is 0 Å². The topological polar surface area (TPSA) is 38.9 Å². The molecular formula is C14H13FN2S2. The van der Waals surface area contributed by atoms with Crippen molar-refractivity contribution in [2.75, 3.05) is 6.54 Å². The van der Waals surface area contributed by atoms with Gasteiger partial charge in [0.25, 0.3) is 0 Å². The Hall–Kier alpha value is -1.35. The molecule has 0 atom stereocenters. The largest absolute Gasteiger partial charge is 0.320 e. The third kappa shape index (κ3) is 4.06. The Labute approximate surface area is 120 Å². The number of nitrogens with two attached hydrogens (primary N) is 1. The van der Waals surface area contributed by atoms with Gasteiger partial charge in [0.15, 0.2) is 0 Å². The van der Waals surface area contributed by atoms with Crippen LogP contribution < -0.4 is 5.73 Å². The molecule has 0 aliphatic rings. The van der Waals surface area contributed by atoms with Crippen molar-refractivity contribution in [2.45, 2.75) is 17.0 Å². The fraction of sp³-hybridized carbons (Fsp3) is 0.214. The van der Waals surface area contributed by atoms with Gasteiger partial charge in [-0.3, -0.25) is 0 Å². The molecule has 0 amide bonds. The number of thiazole rings is 1. The van der Waals surface area contributed by atoms with Crippen molar-refractivity contribution < 1.29 is 4.39 Å². The van der Waals surface area contributed by atoms with E-state index in [9.17, 15) is 4.39 Å². The van der Waals surface area contributed by atoms with E-state index in [2.05, 4.69) is 16.8 Å². The van der Waals surface area contributed by atoms with Crippen LogP contribution in [-0.4, -0.2) is 11.5 Å². The Kier molecular flexibility index (Phi) is 4.97. The number of nitrogens with zero attached hydrogens (tertiary/aromatic N) is 1. The van der Waals surface area contributed by atoms with Gasteiger partial charge in [-0.15, -0.1) is 11.3 Å². The summed E-state index contributed by atoms with van der Waals surface area (Å²) in [6, 6.07) is 4.67. The Morgan fingerprint density at radius 2 is 2.32 bits per heavy atom. The SMILES string of the molecule is Cc1csc(SCc2ccc(F)cc2C#CCN)n1. The molecule has 0 saturated heterocycles. The van der Waals surface area contributed by atoms with Crippen molar-refractivity contribution in [3.8, 4) is 11.8 Å². The summed E-state index contributed by atoms with van der Waals surface area (Å²) in [5.74, 6) is 6.12. The van der Waals surface area contributed by atoms with E-state index in [1.54, 1.807) is 29.2 Å². The van der Waals surface area contributed by atoms with E-state index in [4.69, 9.17) is 5.73 Å². The predicted octanol–water partition coefficient (Wildman–Crippen LogP) is 3.19. The Balaban J connectivity index is 2.15. The molecule has 0 radical (unpaired) electrons. The lowest BCUT2D eigenvalue weighted by atomic mass is 10.1. The highest BCUT2D eigenvalue weighted by Crippen LogP contribution is 2.27. The monoisotopic (exact) mass is 292 g/mol. The summed E-state index contributed by atoms with van der Waals surface area (Å²) in [5.41, 5.74) is 8.07. The standard InChI is InChI=1S/C14H13FN2S2/c1-10-8-18-14(17-10)19-9-12-4-5-13(15)7-11(12)3-2-6-16/h4-5,7-8H,6,9,16H2,1H3. The molecule has 0 spiro atoms. The molecule has 1 aromatic carbocycles. The fourth-order valence-electron chi connectivity index (χ4n) is 1.48. The summed E-state index contributed by atoms with van der Waals surface area (Å²) in [5, 5.41) is 2.02. The number of aryl methyl sites for hydroxylation is 1. The van der Waals surface area contributed by atoms with E-state index in [1.165, 1.54) is 12.1 Å². The first kappa shape index (κ1) is 14.1. The maximum Gasteiger partial charge on any atom is 0.150 e. The van der Waals surface area contributed by atoms with E-state index >= 15 is 0 Å². The maximum absolute atomic E-state index is 13.2. The third-order valence-corrected chi connectivity index (χ3v) is 4.53. The fourth-order valence-corrected chi connectivity index (χ4v) is 3.33. The summed E-state index contributed by atoms with van der Waals surface area (Å²) in [6.45, 7) is 2.24. The minimum atomic E-state index is -0.278. The summed E-state index contributed by atoms with van der Waals surface area (Å²) >= 11 is 3.25. The highest BCUT2D eigenvalue weighted by Gasteiger charge is 2.05. The molecule has 2 nitrogen and oxygen atoms in total. The number of thioether (sulfide) groups is 1. The van der Waals surface area contributed by atoms with Crippen LogP contribution in [0.3, 0.4) is 0 Å². The van der Waals surface area contributed by atoms with Gasteiger partial charge in [0, 0.05) is 22.4 Å². The van der Waals surface area contributed by atoms with E-state index in [1.807, 2.05) is 12.3 Å². The summed E-state index contributed by atoms with van der Waals surface area (Å²) < 4.78 is 14.2. The van der Waals surface area contributed by atoms with Crippen LogP contribution in [0.15, 0.2) is 27.9 Å². The average molecular weight is 292 g/mol. The zero-order valence-electron chi connectivity index (χ0n) is 10.4. The third-order valence-electron chi connectivity index (χ3n) is 2.35. The lowest BCUT2D eigenvalue weighted by molar-refractivity contribution is 0.627. The molecule has 0 saturated carbocycles. The van der Waals surface area contributed by atoms with E-state index < -0.39 is 0 Å². The van der Waals surface area contributed by atoms with Crippen molar-refractivity contribution in [3.05, 3.63) is 46.2 Å². The van der Waals surface area contributed by atoms with Crippen LogP contribution in [0.4, 0.5) is 4.39 Å². The molecule has 0 aliphatic carbocycles. The van der Waals surface area contributed by atoms with Gasteiger partial charge in [0.1, 0.15) is 10.2 Å². The predicted molar refractivity (Wildman–Crippen MR) is 78.7 cm³/mol. The van der Waals surface area contributed by atoms with Crippen molar-refractivity contribution in [2.24, 2.45) is 5.73 Å². The highest BCUT2D eigenvalue weighted by atomic mass is 32.2. The van der Waals surface area contributed by atoms with Gasteiger partial charge in [-0.25, -0.2) is 9.37 Å². The smallest absolute Gasteiger partial charge is 0.150 e. The first-order valence-electron chi connectivity index (χ1n) is 5.71. The normalized spacial score (nSPS) is 10.1. The van der Waals surface area contributed by atoms with Gasteiger partial charge in [-0.05, 0) is 24.6 Å². The molecule has 98 valence electrons.